The number of alkyl halides is 3. The van der Waals surface area contributed by atoms with Gasteiger partial charge in [-0.1, -0.05) is 11.3 Å². The van der Waals surface area contributed by atoms with Gasteiger partial charge in [-0.15, -0.1) is 13.2 Å². The number of aromatic nitrogens is 3. The van der Waals surface area contributed by atoms with E-state index in [0.717, 1.165) is 16.9 Å². The smallest absolute Gasteiger partial charge is 0.406 e. The number of imidazole rings is 1. The Bertz CT molecular complexity index is 1410. The maximum Gasteiger partial charge on any atom is 0.573 e. The van der Waals surface area contributed by atoms with Gasteiger partial charge in [0.05, 0.1) is 21.3 Å². The van der Waals surface area contributed by atoms with Crippen molar-refractivity contribution in [1.29, 1.82) is 0 Å². The Morgan fingerprint density at radius 1 is 1.14 bits per heavy atom. The number of nitrogens with zero attached hydrogens (tertiary/aromatic N) is 3. The number of carbonyl (C=O) groups excluding carboxylic acids is 2. The lowest BCUT2D eigenvalue weighted by Crippen LogP contribution is -2.44. The SMILES string of the molecule is CCNC(=O)C(C)NC(=O)c1ccc2c(c1)nc(Nc1nc3ccc(OC(F)(F)F)cc3s1)n2C. The fourth-order valence-corrected chi connectivity index (χ4v) is 4.26. The maximum absolute atomic E-state index is 12.6. The zero-order valence-corrected chi connectivity index (χ0v) is 19.7. The van der Waals surface area contributed by atoms with Gasteiger partial charge in [0.25, 0.3) is 5.91 Å². The predicted octanol–water partition coefficient (Wildman–Crippen LogP) is 4.08. The number of likely N-dealkylation sites (N-methyl/N-ethyl adjacent to an activating group) is 1. The number of halogens is 3. The zero-order valence-electron chi connectivity index (χ0n) is 18.9. The van der Waals surface area contributed by atoms with Gasteiger partial charge in [-0.2, -0.15) is 0 Å². The van der Waals surface area contributed by atoms with Gasteiger partial charge in [0.15, 0.2) is 5.13 Å². The molecule has 2 aromatic heterocycles. The van der Waals surface area contributed by atoms with Crippen LogP contribution in [-0.4, -0.2) is 45.3 Å². The van der Waals surface area contributed by atoms with Gasteiger partial charge in [-0.25, -0.2) is 9.97 Å². The summed E-state index contributed by atoms with van der Waals surface area (Å²) in [6.45, 7) is 3.85. The van der Waals surface area contributed by atoms with E-state index in [1.165, 1.54) is 18.2 Å². The molecule has 1 atom stereocenters. The van der Waals surface area contributed by atoms with Gasteiger partial charge < -0.3 is 25.3 Å². The van der Waals surface area contributed by atoms with Gasteiger partial charge in [0.2, 0.25) is 11.9 Å². The summed E-state index contributed by atoms with van der Waals surface area (Å²) in [7, 11) is 1.77. The molecular weight excluding hydrogens is 485 g/mol. The second-order valence-corrected chi connectivity index (χ2v) is 8.64. The summed E-state index contributed by atoms with van der Waals surface area (Å²) >= 11 is 1.15. The number of amides is 2. The second kappa shape index (κ2) is 9.41. The standard InChI is InChI=1S/C22H21F3N6O3S/c1-4-26-18(32)11(2)27-19(33)12-5-8-16-15(9-12)28-20(31(16)3)30-21-29-14-7-6-13(10-17(14)35-21)34-22(23,24)25/h5-11H,4H2,1-3H3,(H,26,32)(H,27,33)(H,28,29,30). The van der Waals surface area contributed by atoms with Crippen molar-refractivity contribution < 1.29 is 27.5 Å². The summed E-state index contributed by atoms with van der Waals surface area (Å²) in [6.07, 6.45) is -4.78. The highest BCUT2D eigenvalue weighted by atomic mass is 32.1. The van der Waals surface area contributed by atoms with Crippen LogP contribution < -0.4 is 20.7 Å². The second-order valence-electron chi connectivity index (χ2n) is 7.61. The molecule has 0 spiro atoms. The van der Waals surface area contributed by atoms with Crippen LogP contribution >= 0.6 is 11.3 Å². The van der Waals surface area contributed by atoms with E-state index in [2.05, 4.69) is 30.7 Å². The molecule has 35 heavy (non-hydrogen) atoms. The summed E-state index contributed by atoms with van der Waals surface area (Å²) in [5, 5.41) is 8.80. The number of hydrogen-bond donors (Lipinski definition) is 3. The molecular formula is C22H21F3N6O3S. The Balaban J connectivity index is 1.54. The van der Waals surface area contributed by atoms with Crippen LogP contribution in [0.5, 0.6) is 5.75 Å². The van der Waals surface area contributed by atoms with Gasteiger partial charge in [-0.3, -0.25) is 9.59 Å². The van der Waals surface area contributed by atoms with Gasteiger partial charge >= 0.3 is 6.36 Å². The number of aryl methyl sites for hydroxylation is 1. The molecule has 13 heteroatoms. The van der Waals surface area contributed by atoms with Crippen LogP contribution in [0.1, 0.15) is 24.2 Å². The number of nitrogens with one attached hydrogen (secondary N) is 3. The van der Waals surface area contributed by atoms with Crippen molar-refractivity contribution in [3.63, 3.8) is 0 Å². The number of anilines is 2. The minimum absolute atomic E-state index is 0.279. The monoisotopic (exact) mass is 506 g/mol. The van der Waals surface area contributed by atoms with Crippen molar-refractivity contribution in [2.45, 2.75) is 26.3 Å². The summed E-state index contributed by atoms with van der Waals surface area (Å²) in [5.74, 6) is -0.581. The number of rotatable bonds is 7. The van der Waals surface area contributed by atoms with Crippen LogP contribution in [0.15, 0.2) is 36.4 Å². The lowest BCUT2D eigenvalue weighted by Gasteiger charge is -2.13. The van der Waals surface area contributed by atoms with E-state index in [9.17, 15) is 22.8 Å². The summed E-state index contributed by atoms with van der Waals surface area (Å²) < 4.78 is 43.7. The Hall–Kier alpha value is -3.87. The third kappa shape index (κ3) is 5.45. The minimum atomic E-state index is -4.78. The average molecular weight is 507 g/mol. The first-order chi connectivity index (χ1) is 16.5. The van der Waals surface area contributed by atoms with E-state index < -0.39 is 18.3 Å². The Morgan fingerprint density at radius 3 is 2.63 bits per heavy atom. The molecule has 2 heterocycles. The molecule has 9 nitrogen and oxygen atoms in total. The number of thiazole rings is 1. The molecule has 0 fully saturated rings. The lowest BCUT2D eigenvalue weighted by molar-refractivity contribution is -0.274. The van der Waals surface area contributed by atoms with Gasteiger partial charge in [0, 0.05) is 25.2 Å². The number of hydrogen-bond acceptors (Lipinski definition) is 7. The minimum Gasteiger partial charge on any atom is -0.406 e. The fraction of sp³-hybridized carbons (Fsp3) is 0.273. The predicted molar refractivity (Wildman–Crippen MR) is 126 cm³/mol. The third-order valence-corrected chi connectivity index (χ3v) is 5.98. The lowest BCUT2D eigenvalue weighted by atomic mass is 10.1. The molecule has 0 bridgehead atoms. The molecule has 0 aliphatic rings. The topological polar surface area (TPSA) is 110 Å². The van der Waals surface area contributed by atoms with E-state index in [1.54, 1.807) is 43.7 Å². The van der Waals surface area contributed by atoms with Crippen molar-refractivity contribution in [3.05, 3.63) is 42.0 Å². The van der Waals surface area contributed by atoms with Crippen molar-refractivity contribution in [2.75, 3.05) is 11.9 Å². The molecule has 2 aromatic carbocycles. The van der Waals surface area contributed by atoms with Crippen molar-refractivity contribution in [1.82, 2.24) is 25.2 Å². The molecule has 0 saturated carbocycles. The van der Waals surface area contributed by atoms with Crippen LogP contribution in [0.4, 0.5) is 24.3 Å². The van der Waals surface area contributed by atoms with Crippen molar-refractivity contribution in [2.24, 2.45) is 7.05 Å². The van der Waals surface area contributed by atoms with Crippen molar-refractivity contribution in [3.8, 4) is 5.75 Å². The molecule has 2 amide bonds. The van der Waals surface area contributed by atoms with E-state index >= 15 is 0 Å². The summed E-state index contributed by atoms with van der Waals surface area (Å²) in [5.41, 5.74) is 2.12. The number of benzene rings is 2. The van der Waals surface area contributed by atoms with Crippen LogP contribution in [0, 0.1) is 0 Å². The molecule has 4 aromatic rings. The molecule has 0 aliphatic carbocycles. The zero-order chi connectivity index (χ0) is 25.3. The van der Waals surface area contributed by atoms with Crippen LogP contribution in [-0.2, 0) is 11.8 Å². The molecule has 0 aliphatic heterocycles. The highest BCUT2D eigenvalue weighted by molar-refractivity contribution is 7.22. The number of ether oxygens (including phenoxy) is 1. The largest absolute Gasteiger partial charge is 0.573 e. The van der Waals surface area contributed by atoms with Crippen molar-refractivity contribution >= 4 is 55.5 Å². The molecule has 4 rings (SSSR count). The first-order valence-corrected chi connectivity index (χ1v) is 11.3. The summed E-state index contributed by atoms with van der Waals surface area (Å²) in [6, 6.07) is 8.20. The fourth-order valence-electron chi connectivity index (χ4n) is 3.38. The van der Waals surface area contributed by atoms with Gasteiger partial charge in [0.1, 0.15) is 11.8 Å². The highest BCUT2D eigenvalue weighted by Gasteiger charge is 2.31. The normalized spacial score (nSPS) is 12.5. The average Bonchev–Trinajstić information content (AvgIpc) is 3.32. The highest BCUT2D eigenvalue weighted by Crippen LogP contribution is 2.33. The molecule has 184 valence electrons. The van der Waals surface area contributed by atoms with Crippen LogP contribution in [0.3, 0.4) is 0 Å². The van der Waals surface area contributed by atoms with E-state index in [-0.39, 0.29) is 11.7 Å². The van der Waals surface area contributed by atoms with E-state index in [0.29, 0.717) is 38.9 Å². The molecule has 3 N–H and O–H groups in total. The quantitative estimate of drug-likeness (QED) is 0.349. The Labute approximate surface area is 201 Å². The van der Waals surface area contributed by atoms with Gasteiger partial charge in [-0.05, 0) is 44.2 Å². The molecule has 1 unspecified atom stereocenters. The Morgan fingerprint density at radius 2 is 1.91 bits per heavy atom. The first-order valence-electron chi connectivity index (χ1n) is 10.5. The maximum atomic E-state index is 12.6. The first kappa shape index (κ1) is 24.3. The molecule has 0 radical (unpaired) electrons. The van der Waals surface area contributed by atoms with E-state index in [4.69, 9.17) is 0 Å². The Kier molecular flexibility index (Phi) is 6.52. The third-order valence-electron chi connectivity index (χ3n) is 5.05. The van der Waals surface area contributed by atoms with Crippen LogP contribution in [0.25, 0.3) is 21.3 Å². The molecule has 0 saturated heterocycles. The van der Waals surface area contributed by atoms with E-state index in [1.807, 2.05) is 0 Å². The number of fused-ring (bicyclic) bond motifs is 2. The summed E-state index contributed by atoms with van der Waals surface area (Å²) in [4.78, 5) is 33.3. The van der Waals surface area contributed by atoms with Crippen LogP contribution in [0.2, 0.25) is 0 Å². The number of carbonyl (C=O) groups is 2.